The van der Waals surface area contributed by atoms with Crippen LogP contribution in [0.3, 0.4) is 0 Å². The van der Waals surface area contributed by atoms with Crippen molar-refractivity contribution in [3.05, 3.63) is 65.9 Å². The van der Waals surface area contributed by atoms with Crippen LogP contribution in [0.2, 0.25) is 0 Å². The van der Waals surface area contributed by atoms with E-state index in [9.17, 15) is 4.79 Å². The Morgan fingerprint density at radius 3 is 2.60 bits per heavy atom. The quantitative estimate of drug-likeness (QED) is 0.671. The van der Waals surface area contributed by atoms with Crippen LogP contribution in [0.1, 0.15) is 37.6 Å². The van der Waals surface area contributed by atoms with E-state index in [-0.39, 0.29) is 11.9 Å². The second-order valence-electron chi connectivity index (χ2n) is 6.24. The fraction of sp³-hybridized carbons (Fsp3) is 0.286. The van der Waals surface area contributed by atoms with Crippen LogP contribution in [0.25, 0.3) is 11.0 Å². The minimum atomic E-state index is -0.0991. The number of para-hydroxylation sites is 2. The van der Waals surface area contributed by atoms with Crippen LogP contribution in [0, 0.1) is 0 Å². The van der Waals surface area contributed by atoms with Crippen LogP contribution in [0.5, 0.6) is 0 Å². The molecule has 2 N–H and O–H groups in total. The highest BCUT2D eigenvalue weighted by molar-refractivity contribution is 5.79. The molecule has 0 bridgehead atoms. The van der Waals surface area contributed by atoms with Gasteiger partial charge in [-0.15, -0.1) is 0 Å². The molecule has 4 heteroatoms. The van der Waals surface area contributed by atoms with Gasteiger partial charge >= 0.3 is 0 Å². The summed E-state index contributed by atoms with van der Waals surface area (Å²) in [6.45, 7) is 4.64. The van der Waals surface area contributed by atoms with Crippen molar-refractivity contribution >= 4 is 22.6 Å². The lowest BCUT2D eigenvalue weighted by molar-refractivity contribution is -0.133. The number of carbonyl (C=O) groups excluding carboxylic acids is 1. The summed E-state index contributed by atoms with van der Waals surface area (Å²) in [4.78, 5) is 14.6. The molecule has 1 aromatic heterocycles. The molecule has 1 heterocycles. The minimum absolute atomic E-state index is 0.0991. The Bertz CT molecular complexity index is 836. The maximum Gasteiger partial charge on any atom is 0.223 e. The first kappa shape index (κ1) is 17.1. The molecule has 0 saturated heterocycles. The Balaban J connectivity index is 1.72. The molecule has 0 saturated carbocycles. The van der Waals surface area contributed by atoms with Crippen LogP contribution >= 0.6 is 0 Å². The third-order valence-electron chi connectivity index (χ3n) is 4.65. The number of rotatable bonds is 6. The number of hydrogen-bond acceptors (Lipinski definition) is 3. The molecule has 1 atom stereocenters. The van der Waals surface area contributed by atoms with Gasteiger partial charge in [-0.2, -0.15) is 0 Å². The van der Waals surface area contributed by atoms with Gasteiger partial charge in [-0.3, -0.25) is 4.79 Å². The number of benzene rings is 2. The second kappa shape index (κ2) is 7.43. The van der Waals surface area contributed by atoms with Gasteiger partial charge in [0.05, 0.1) is 6.04 Å². The molecular formula is C21H24N2O2. The molecule has 0 aliphatic heterocycles. The Labute approximate surface area is 148 Å². The van der Waals surface area contributed by atoms with Crippen molar-refractivity contribution in [2.75, 3.05) is 12.3 Å². The molecule has 1 amide bonds. The van der Waals surface area contributed by atoms with E-state index < -0.39 is 0 Å². The van der Waals surface area contributed by atoms with Crippen molar-refractivity contribution in [2.24, 2.45) is 0 Å². The number of amides is 1. The largest absolute Gasteiger partial charge is 0.459 e. The number of aryl methyl sites for hydroxylation is 1. The summed E-state index contributed by atoms with van der Waals surface area (Å²) >= 11 is 0. The van der Waals surface area contributed by atoms with E-state index in [2.05, 4.69) is 0 Å². The summed E-state index contributed by atoms with van der Waals surface area (Å²) in [6.07, 6.45) is 1.08. The average Bonchev–Trinajstić information content (AvgIpc) is 3.06. The normalized spacial score (nSPS) is 12.2. The third kappa shape index (κ3) is 3.68. The van der Waals surface area contributed by atoms with Crippen molar-refractivity contribution in [3.8, 4) is 0 Å². The average molecular weight is 336 g/mol. The van der Waals surface area contributed by atoms with Crippen LogP contribution < -0.4 is 5.73 Å². The number of carbonyl (C=O) groups is 1. The predicted molar refractivity (Wildman–Crippen MR) is 101 cm³/mol. The van der Waals surface area contributed by atoms with E-state index in [4.69, 9.17) is 10.2 Å². The lowest BCUT2D eigenvalue weighted by Crippen LogP contribution is -2.33. The van der Waals surface area contributed by atoms with Crippen molar-refractivity contribution < 1.29 is 9.21 Å². The number of fused-ring (bicyclic) bond motifs is 1. The first-order chi connectivity index (χ1) is 12.1. The predicted octanol–water partition coefficient (Wildman–Crippen LogP) is 4.56. The number of nitrogen functional groups attached to an aromatic ring is 1. The second-order valence-corrected chi connectivity index (χ2v) is 6.24. The van der Waals surface area contributed by atoms with Crippen molar-refractivity contribution in [1.29, 1.82) is 0 Å². The maximum absolute atomic E-state index is 12.7. The van der Waals surface area contributed by atoms with E-state index in [1.165, 1.54) is 0 Å². The van der Waals surface area contributed by atoms with Gasteiger partial charge in [0.25, 0.3) is 0 Å². The zero-order valence-corrected chi connectivity index (χ0v) is 14.7. The van der Waals surface area contributed by atoms with Gasteiger partial charge in [-0.1, -0.05) is 36.4 Å². The Kier molecular flexibility index (Phi) is 5.08. The van der Waals surface area contributed by atoms with Crippen molar-refractivity contribution in [3.63, 3.8) is 0 Å². The number of anilines is 1. The molecule has 3 rings (SSSR count). The summed E-state index contributed by atoms with van der Waals surface area (Å²) < 4.78 is 5.93. The molecule has 130 valence electrons. The fourth-order valence-electron chi connectivity index (χ4n) is 3.18. The Morgan fingerprint density at radius 1 is 1.16 bits per heavy atom. The summed E-state index contributed by atoms with van der Waals surface area (Å²) in [6, 6.07) is 17.5. The van der Waals surface area contributed by atoms with Crippen LogP contribution in [0.4, 0.5) is 5.69 Å². The number of nitrogens with two attached hydrogens (primary N) is 1. The minimum Gasteiger partial charge on any atom is -0.459 e. The molecular weight excluding hydrogens is 312 g/mol. The van der Waals surface area contributed by atoms with Gasteiger partial charge in [0.15, 0.2) is 0 Å². The Hall–Kier alpha value is -2.75. The summed E-state index contributed by atoms with van der Waals surface area (Å²) in [5.41, 5.74) is 8.58. The molecule has 0 aliphatic rings. The molecule has 1 unspecified atom stereocenters. The molecule has 0 aliphatic carbocycles. The molecule has 0 radical (unpaired) electrons. The first-order valence-corrected chi connectivity index (χ1v) is 8.71. The van der Waals surface area contributed by atoms with Gasteiger partial charge in [0, 0.05) is 24.0 Å². The van der Waals surface area contributed by atoms with E-state index in [0.29, 0.717) is 19.4 Å². The topological polar surface area (TPSA) is 59.5 Å². The highest BCUT2D eigenvalue weighted by Crippen LogP contribution is 2.28. The van der Waals surface area contributed by atoms with Crippen molar-refractivity contribution in [1.82, 2.24) is 4.90 Å². The highest BCUT2D eigenvalue weighted by Gasteiger charge is 2.22. The fourth-order valence-corrected chi connectivity index (χ4v) is 3.18. The highest BCUT2D eigenvalue weighted by atomic mass is 16.3. The molecule has 0 spiro atoms. The number of hydrogen-bond donors (Lipinski definition) is 1. The van der Waals surface area contributed by atoms with E-state index in [1.54, 1.807) is 0 Å². The van der Waals surface area contributed by atoms with Crippen molar-refractivity contribution in [2.45, 2.75) is 32.7 Å². The zero-order chi connectivity index (χ0) is 17.8. The smallest absolute Gasteiger partial charge is 0.223 e. The van der Waals surface area contributed by atoms with Crippen LogP contribution in [-0.4, -0.2) is 17.4 Å². The van der Waals surface area contributed by atoms with E-state index >= 15 is 0 Å². The first-order valence-electron chi connectivity index (χ1n) is 8.71. The Morgan fingerprint density at radius 2 is 1.88 bits per heavy atom. The van der Waals surface area contributed by atoms with Gasteiger partial charge < -0.3 is 15.1 Å². The SMILES string of the molecule is CCN(C(=O)CCc1ccccc1N)C(C)c1cc2ccccc2o1. The molecule has 25 heavy (non-hydrogen) atoms. The van der Waals surface area contributed by atoms with Gasteiger partial charge in [0.1, 0.15) is 11.3 Å². The van der Waals surface area contributed by atoms with E-state index in [0.717, 1.165) is 28.0 Å². The zero-order valence-electron chi connectivity index (χ0n) is 14.7. The summed E-state index contributed by atoms with van der Waals surface area (Å²) in [5, 5.41) is 1.06. The third-order valence-corrected chi connectivity index (χ3v) is 4.65. The lowest BCUT2D eigenvalue weighted by Gasteiger charge is -2.26. The summed E-state index contributed by atoms with van der Waals surface area (Å²) in [5.74, 6) is 0.925. The van der Waals surface area contributed by atoms with Crippen LogP contribution in [-0.2, 0) is 11.2 Å². The van der Waals surface area contributed by atoms with Gasteiger partial charge in [0.2, 0.25) is 5.91 Å². The summed E-state index contributed by atoms with van der Waals surface area (Å²) in [7, 11) is 0. The van der Waals surface area contributed by atoms with E-state index in [1.807, 2.05) is 73.3 Å². The van der Waals surface area contributed by atoms with Crippen LogP contribution in [0.15, 0.2) is 59.0 Å². The molecule has 0 fully saturated rings. The monoisotopic (exact) mass is 336 g/mol. The number of furan rings is 1. The standard InChI is InChI=1S/C21H24N2O2/c1-3-23(21(24)13-12-16-8-4-6-10-18(16)22)15(2)20-14-17-9-5-7-11-19(17)25-20/h4-11,14-15H,3,12-13,22H2,1-2H3. The maximum atomic E-state index is 12.7. The molecule has 3 aromatic rings. The molecule has 4 nitrogen and oxygen atoms in total. The molecule has 2 aromatic carbocycles. The lowest BCUT2D eigenvalue weighted by atomic mass is 10.1. The van der Waals surface area contributed by atoms with Gasteiger partial charge in [-0.25, -0.2) is 0 Å². The van der Waals surface area contributed by atoms with Gasteiger partial charge in [-0.05, 0) is 44.0 Å². The number of nitrogens with zero attached hydrogens (tertiary/aromatic N) is 1.